The molecule has 0 aliphatic rings. The largest absolute Gasteiger partial charge is 0.394 e. The van der Waals surface area contributed by atoms with Gasteiger partial charge in [0.05, 0.1) is 18.8 Å². The quantitative estimate of drug-likeness (QED) is 0.0368. The number of hydrogen-bond acceptors (Lipinski definition) is 4. The Morgan fingerprint density at radius 3 is 1.25 bits per heavy atom. The Balaban J connectivity index is 3.74. The molecule has 3 atom stereocenters. The monoisotopic (exact) mass is 770 g/mol. The van der Waals surface area contributed by atoms with Crippen LogP contribution in [0.15, 0.2) is 60.8 Å². The van der Waals surface area contributed by atoms with Crippen LogP contribution in [0.1, 0.15) is 226 Å². The fraction of sp³-hybridized carbons (Fsp3) is 0.780. The van der Waals surface area contributed by atoms with Crippen molar-refractivity contribution in [3.63, 3.8) is 0 Å². The molecular formula is C50H91NO4. The second kappa shape index (κ2) is 44.8. The van der Waals surface area contributed by atoms with Gasteiger partial charge in [-0.3, -0.25) is 4.79 Å². The Kier molecular flexibility index (Phi) is 43.2. The van der Waals surface area contributed by atoms with Crippen LogP contribution in [-0.2, 0) is 4.79 Å². The first-order valence-electron chi connectivity index (χ1n) is 23.6. The van der Waals surface area contributed by atoms with Crippen LogP contribution in [0.2, 0.25) is 0 Å². The molecule has 3 unspecified atom stereocenters. The first-order valence-corrected chi connectivity index (χ1v) is 23.6. The van der Waals surface area contributed by atoms with Crippen molar-refractivity contribution < 1.29 is 20.1 Å². The summed E-state index contributed by atoms with van der Waals surface area (Å²) >= 11 is 0. The molecule has 0 fully saturated rings. The zero-order chi connectivity index (χ0) is 40.1. The lowest BCUT2D eigenvalue weighted by atomic mass is 10.0. The van der Waals surface area contributed by atoms with E-state index in [1.165, 1.54) is 148 Å². The molecule has 0 saturated heterocycles. The number of carbonyl (C=O) groups is 1. The van der Waals surface area contributed by atoms with Gasteiger partial charge in [0, 0.05) is 0 Å². The Labute approximate surface area is 341 Å². The normalized spacial score (nSPS) is 14.1. The lowest BCUT2D eigenvalue weighted by Gasteiger charge is -2.21. The van der Waals surface area contributed by atoms with Gasteiger partial charge in [-0.25, -0.2) is 0 Å². The molecule has 0 aromatic carbocycles. The minimum atomic E-state index is -1.12. The van der Waals surface area contributed by atoms with Gasteiger partial charge in [0.2, 0.25) is 5.91 Å². The van der Waals surface area contributed by atoms with Crippen molar-refractivity contribution >= 4 is 5.91 Å². The van der Waals surface area contributed by atoms with E-state index < -0.39 is 24.2 Å². The SMILES string of the molecule is CCCCC/C=C\C/C=C\CCCCCCCCC(O)C(=O)NC(CO)C(O)/C=C/CC/C=C/CC/C=C/CCCCCCCCCCCCCCCCC. The molecule has 5 heteroatoms. The first-order chi connectivity index (χ1) is 27.1. The summed E-state index contributed by atoms with van der Waals surface area (Å²) in [4.78, 5) is 12.5. The zero-order valence-corrected chi connectivity index (χ0v) is 36.3. The Morgan fingerprint density at radius 1 is 0.455 bits per heavy atom. The summed E-state index contributed by atoms with van der Waals surface area (Å²) < 4.78 is 0. The van der Waals surface area contributed by atoms with Crippen molar-refractivity contribution in [2.24, 2.45) is 0 Å². The second-order valence-electron chi connectivity index (χ2n) is 15.9. The van der Waals surface area contributed by atoms with Crippen molar-refractivity contribution in [1.82, 2.24) is 5.32 Å². The summed E-state index contributed by atoms with van der Waals surface area (Å²) in [5, 5.41) is 33.1. The maximum absolute atomic E-state index is 12.5. The molecule has 0 bridgehead atoms. The Bertz CT molecular complexity index is 938. The molecule has 320 valence electrons. The molecular weight excluding hydrogens is 679 g/mol. The van der Waals surface area contributed by atoms with E-state index in [0.29, 0.717) is 6.42 Å². The van der Waals surface area contributed by atoms with E-state index in [4.69, 9.17) is 0 Å². The molecule has 1 amide bonds. The number of amides is 1. The maximum atomic E-state index is 12.5. The number of carbonyl (C=O) groups excluding carboxylic acids is 1. The molecule has 0 aliphatic heterocycles. The lowest BCUT2D eigenvalue weighted by molar-refractivity contribution is -0.131. The van der Waals surface area contributed by atoms with E-state index in [2.05, 4.69) is 67.8 Å². The second-order valence-corrected chi connectivity index (χ2v) is 15.9. The number of nitrogens with one attached hydrogen (secondary N) is 1. The van der Waals surface area contributed by atoms with Crippen molar-refractivity contribution in [1.29, 1.82) is 0 Å². The third kappa shape index (κ3) is 40.1. The van der Waals surface area contributed by atoms with Crippen LogP contribution in [0.4, 0.5) is 0 Å². The smallest absolute Gasteiger partial charge is 0.249 e. The van der Waals surface area contributed by atoms with Crippen LogP contribution < -0.4 is 5.32 Å². The average molecular weight is 770 g/mol. The molecule has 4 N–H and O–H groups in total. The van der Waals surface area contributed by atoms with Gasteiger partial charge in [0.1, 0.15) is 6.10 Å². The van der Waals surface area contributed by atoms with Crippen LogP contribution in [0, 0.1) is 0 Å². The van der Waals surface area contributed by atoms with Gasteiger partial charge in [-0.15, -0.1) is 0 Å². The highest BCUT2D eigenvalue weighted by molar-refractivity contribution is 5.80. The molecule has 55 heavy (non-hydrogen) atoms. The fourth-order valence-electron chi connectivity index (χ4n) is 6.83. The van der Waals surface area contributed by atoms with Crippen molar-refractivity contribution in [2.75, 3.05) is 6.61 Å². The zero-order valence-electron chi connectivity index (χ0n) is 36.3. The molecule has 0 rings (SSSR count). The summed E-state index contributed by atoms with van der Waals surface area (Å²) in [7, 11) is 0. The van der Waals surface area contributed by atoms with Crippen molar-refractivity contribution in [3.8, 4) is 0 Å². The van der Waals surface area contributed by atoms with Gasteiger partial charge >= 0.3 is 0 Å². The minimum absolute atomic E-state index is 0.387. The van der Waals surface area contributed by atoms with Crippen LogP contribution in [0.5, 0.6) is 0 Å². The fourth-order valence-corrected chi connectivity index (χ4v) is 6.83. The van der Waals surface area contributed by atoms with Crippen molar-refractivity contribution in [3.05, 3.63) is 60.8 Å². The van der Waals surface area contributed by atoms with Crippen LogP contribution in [-0.4, -0.2) is 46.1 Å². The van der Waals surface area contributed by atoms with E-state index in [1.54, 1.807) is 6.08 Å². The molecule has 0 heterocycles. The summed E-state index contributed by atoms with van der Waals surface area (Å²) in [5.41, 5.74) is 0. The van der Waals surface area contributed by atoms with E-state index in [9.17, 15) is 20.1 Å². The molecule has 0 saturated carbocycles. The van der Waals surface area contributed by atoms with E-state index in [-0.39, 0.29) is 6.61 Å². The number of allylic oxidation sites excluding steroid dienone is 9. The predicted molar refractivity (Wildman–Crippen MR) is 240 cm³/mol. The number of unbranched alkanes of at least 4 members (excludes halogenated alkanes) is 26. The number of hydrogen-bond donors (Lipinski definition) is 4. The van der Waals surface area contributed by atoms with E-state index in [0.717, 1.165) is 57.8 Å². The highest BCUT2D eigenvalue weighted by atomic mass is 16.3. The third-order valence-electron chi connectivity index (χ3n) is 10.6. The van der Waals surface area contributed by atoms with Gasteiger partial charge in [-0.05, 0) is 77.0 Å². The highest BCUT2D eigenvalue weighted by Crippen LogP contribution is 2.15. The standard InChI is InChI=1S/C50H91NO4/c1-3-5-7-9-11-13-15-17-19-21-22-23-24-25-26-27-28-29-31-32-34-36-38-40-42-44-48(53)47(46-52)51-50(55)49(54)45-43-41-39-37-35-33-30-20-18-16-14-12-10-8-6-4-2/h12,14,18,20,28-29,34,36,42,44,47-49,52-54H,3-11,13,15-17,19,21-27,30-33,35,37-41,43,45-46H2,1-2H3,(H,51,55)/b14-12-,20-18-,29-28+,36-34+,44-42+. The minimum Gasteiger partial charge on any atom is -0.394 e. The summed E-state index contributed by atoms with van der Waals surface area (Å²) in [6, 6.07) is -0.828. The lowest BCUT2D eigenvalue weighted by Crippen LogP contribution is -2.48. The molecule has 0 aromatic rings. The molecule has 0 aliphatic carbocycles. The van der Waals surface area contributed by atoms with E-state index >= 15 is 0 Å². The molecule has 0 spiro atoms. The van der Waals surface area contributed by atoms with Crippen LogP contribution in [0.25, 0.3) is 0 Å². The third-order valence-corrected chi connectivity index (χ3v) is 10.6. The number of rotatable bonds is 42. The van der Waals surface area contributed by atoms with Gasteiger partial charge in [0.15, 0.2) is 0 Å². The molecule has 0 aromatic heterocycles. The number of aliphatic hydroxyl groups excluding tert-OH is 3. The summed E-state index contributed by atoms with van der Waals surface area (Å²) in [5.74, 6) is -0.527. The predicted octanol–water partition coefficient (Wildman–Crippen LogP) is 13.9. The van der Waals surface area contributed by atoms with Gasteiger partial charge in [0.25, 0.3) is 0 Å². The summed E-state index contributed by atoms with van der Waals surface area (Å²) in [6.45, 7) is 4.14. The van der Waals surface area contributed by atoms with E-state index in [1.807, 2.05) is 6.08 Å². The summed E-state index contributed by atoms with van der Waals surface area (Å²) in [6.07, 6.45) is 59.8. The van der Waals surface area contributed by atoms with Gasteiger partial charge < -0.3 is 20.6 Å². The van der Waals surface area contributed by atoms with Gasteiger partial charge in [-0.2, -0.15) is 0 Å². The topological polar surface area (TPSA) is 89.8 Å². The molecule has 5 nitrogen and oxygen atoms in total. The average Bonchev–Trinajstić information content (AvgIpc) is 3.19. The Hall–Kier alpha value is -1.95. The first kappa shape index (κ1) is 53.0. The van der Waals surface area contributed by atoms with Crippen LogP contribution in [0.3, 0.4) is 0 Å². The highest BCUT2D eigenvalue weighted by Gasteiger charge is 2.22. The van der Waals surface area contributed by atoms with Crippen LogP contribution >= 0.6 is 0 Å². The molecule has 0 radical (unpaired) electrons. The maximum Gasteiger partial charge on any atom is 0.249 e. The van der Waals surface area contributed by atoms with Crippen molar-refractivity contribution in [2.45, 2.75) is 244 Å². The van der Waals surface area contributed by atoms with Gasteiger partial charge in [-0.1, -0.05) is 209 Å². The Morgan fingerprint density at radius 2 is 0.800 bits per heavy atom. The number of aliphatic hydroxyl groups is 3.